The number of hydrogen-bond acceptors (Lipinski definition) is 3. The maximum atomic E-state index is 13.5. The summed E-state index contributed by atoms with van der Waals surface area (Å²) in [4.78, 5) is 14.4. The van der Waals surface area contributed by atoms with E-state index in [1.807, 2.05) is 0 Å². The van der Waals surface area contributed by atoms with Crippen molar-refractivity contribution in [1.82, 2.24) is 9.62 Å². The van der Waals surface area contributed by atoms with E-state index in [0.717, 1.165) is 25.0 Å². The molecule has 1 saturated carbocycles. The second-order valence-corrected chi connectivity index (χ2v) is 8.85. The minimum atomic E-state index is -3.69. The van der Waals surface area contributed by atoms with E-state index in [-0.39, 0.29) is 16.5 Å². The molecule has 28 heavy (non-hydrogen) atoms. The van der Waals surface area contributed by atoms with Gasteiger partial charge in [-0.15, -0.1) is 0 Å². The number of hydrogen-bond donors (Lipinski definition) is 1. The van der Waals surface area contributed by atoms with Crippen LogP contribution in [0.4, 0.5) is 8.78 Å². The monoisotopic (exact) mass is 408 g/mol. The molecule has 2 aromatic carbocycles. The second kappa shape index (κ2) is 7.60. The van der Waals surface area contributed by atoms with Crippen LogP contribution in [0.25, 0.3) is 0 Å². The van der Waals surface area contributed by atoms with E-state index in [9.17, 15) is 22.0 Å². The second-order valence-electron chi connectivity index (χ2n) is 7.14. The lowest BCUT2D eigenvalue weighted by Crippen LogP contribution is -2.31. The molecule has 8 heteroatoms. The maximum absolute atomic E-state index is 13.5. The smallest absolute Gasteiger partial charge is 0.254 e. The Morgan fingerprint density at radius 1 is 1.14 bits per heavy atom. The summed E-state index contributed by atoms with van der Waals surface area (Å²) in [6.45, 7) is 3.41. The van der Waals surface area contributed by atoms with Crippen LogP contribution in [0.5, 0.6) is 0 Å². The Labute approximate surface area is 163 Å². The topological polar surface area (TPSA) is 66.5 Å². The molecule has 1 fully saturated rings. The standard InChI is InChI=1S/C20H22F2N2O3S/c1-12-4-8-16(28(26,27)23-15-6-7-15)11-17(12)20(25)24(3)13(2)14-5-9-18(21)19(22)10-14/h4-5,8-11,13,15,23H,6-7H2,1-3H3. The molecule has 1 aliphatic carbocycles. The molecule has 1 amide bonds. The number of nitrogens with one attached hydrogen (secondary N) is 1. The molecule has 0 saturated heterocycles. The first-order valence-electron chi connectivity index (χ1n) is 8.95. The highest BCUT2D eigenvalue weighted by molar-refractivity contribution is 7.89. The van der Waals surface area contributed by atoms with Gasteiger partial charge in [-0.25, -0.2) is 21.9 Å². The van der Waals surface area contributed by atoms with Gasteiger partial charge >= 0.3 is 0 Å². The Kier molecular flexibility index (Phi) is 5.54. The van der Waals surface area contributed by atoms with Crippen LogP contribution in [0.1, 0.15) is 47.3 Å². The Balaban J connectivity index is 1.88. The highest BCUT2D eigenvalue weighted by Crippen LogP contribution is 2.26. The van der Waals surface area contributed by atoms with Crippen LogP contribution in [0.15, 0.2) is 41.3 Å². The van der Waals surface area contributed by atoms with Gasteiger partial charge in [0.25, 0.3) is 5.91 Å². The molecule has 0 heterocycles. The number of benzene rings is 2. The molecule has 150 valence electrons. The van der Waals surface area contributed by atoms with Gasteiger partial charge in [-0.2, -0.15) is 0 Å². The van der Waals surface area contributed by atoms with Crippen molar-refractivity contribution < 1.29 is 22.0 Å². The van der Waals surface area contributed by atoms with Crippen LogP contribution in [0, 0.1) is 18.6 Å². The van der Waals surface area contributed by atoms with Crippen molar-refractivity contribution in [2.24, 2.45) is 0 Å². The normalized spacial score (nSPS) is 15.3. The van der Waals surface area contributed by atoms with E-state index in [1.54, 1.807) is 19.9 Å². The first kappa shape index (κ1) is 20.4. The first-order valence-corrected chi connectivity index (χ1v) is 10.4. The van der Waals surface area contributed by atoms with Crippen molar-refractivity contribution in [3.8, 4) is 0 Å². The maximum Gasteiger partial charge on any atom is 0.254 e. The van der Waals surface area contributed by atoms with Gasteiger partial charge in [0.15, 0.2) is 11.6 Å². The molecule has 1 aliphatic rings. The summed E-state index contributed by atoms with van der Waals surface area (Å²) in [6.07, 6.45) is 1.62. The average molecular weight is 408 g/mol. The Morgan fingerprint density at radius 2 is 1.82 bits per heavy atom. The summed E-state index contributed by atoms with van der Waals surface area (Å²) in [5.74, 6) is -2.35. The summed E-state index contributed by atoms with van der Waals surface area (Å²) in [7, 11) is -2.15. The van der Waals surface area contributed by atoms with E-state index < -0.39 is 33.6 Å². The van der Waals surface area contributed by atoms with Gasteiger partial charge in [-0.1, -0.05) is 12.1 Å². The number of halogens is 2. The Morgan fingerprint density at radius 3 is 2.43 bits per heavy atom. The highest BCUT2D eigenvalue weighted by atomic mass is 32.2. The van der Waals surface area contributed by atoms with Gasteiger partial charge < -0.3 is 4.90 Å². The molecule has 0 spiro atoms. The molecule has 3 rings (SSSR count). The third kappa shape index (κ3) is 4.23. The highest BCUT2D eigenvalue weighted by Gasteiger charge is 2.29. The Hall–Kier alpha value is -2.32. The Bertz CT molecular complexity index is 1020. The van der Waals surface area contributed by atoms with Crippen LogP contribution in [0.3, 0.4) is 0 Å². The predicted octanol–water partition coefficient (Wildman–Crippen LogP) is 3.55. The van der Waals surface area contributed by atoms with Gasteiger partial charge in [-0.05, 0) is 62.1 Å². The summed E-state index contributed by atoms with van der Waals surface area (Å²) >= 11 is 0. The van der Waals surface area contributed by atoms with E-state index >= 15 is 0 Å². The van der Waals surface area contributed by atoms with Gasteiger partial charge in [0.1, 0.15) is 0 Å². The molecule has 1 atom stereocenters. The fraction of sp³-hybridized carbons (Fsp3) is 0.350. The third-order valence-electron chi connectivity index (χ3n) is 4.98. The zero-order valence-electron chi connectivity index (χ0n) is 15.9. The van der Waals surface area contributed by atoms with Crippen molar-refractivity contribution in [2.45, 2.75) is 43.7 Å². The van der Waals surface area contributed by atoms with E-state index in [1.165, 1.54) is 30.1 Å². The van der Waals surface area contributed by atoms with Crippen LogP contribution in [-0.4, -0.2) is 32.3 Å². The lowest BCUT2D eigenvalue weighted by molar-refractivity contribution is 0.0741. The number of carbonyl (C=O) groups excluding carboxylic acids is 1. The number of amides is 1. The zero-order chi connectivity index (χ0) is 20.6. The fourth-order valence-corrected chi connectivity index (χ4v) is 4.18. The zero-order valence-corrected chi connectivity index (χ0v) is 16.7. The third-order valence-corrected chi connectivity index (χ3v) is 6.49. The lowest BCUT2D eigenvalue weighted by Gasteiger charge is -2.26. The van der Waals surface area contributed by atoms with Crippen molar-refractivity contribution in [3.63, 3.8) is 0 Å². The summed E-state index contributed by atoms with van der Waals surface area (Å²) in [6, 6.07) is 7.32. The van der Waals surface area contributed by atoms with Crippen molar-refractivity contribution in [1.29, 1.82) is 0 Å². The van der Waals surface area contributed by atoms with Crippen LogP contribution in [0.2, 0.25) is 0 Å². The minimum absolute atomic E-state index is 0.0298. The van der Waals surface area contributed by atoms with Gasteiger partial charge in [0.05, 0.1) is 10.9 Å². The molecule has 0 radical (unpaired) electrons. The molecule has 0 bridgehead atoms. The molecule has 0 aromatic heterocycles. The molecule has 5 nitrogen and oxygen atoms in total. The summed E-state index contributed by atoms with van der Waals surface area (Å²) in [5, 5.41) is 0. The number of carbonyl (C=O) groups is 1. The van der Waals surface area contributed by atoms with Crippen LogP contribution in [-0.2, 0) is 10.0 Å². The van der Waals surface area contributed by atoms with E-state index in [2.05, 4.69) is 4.72 Å². The molecular weight excluding hydrogens is 386 g/mol. The number of rotatable bonds is 6. The van der Waals surface area contributed by atoms with Crippen molar-refractivity contribution in [2.75, 3.05) is 7.05 Å². The number of nitrogens with zero attached hydrogens (tertiary/aromatic N) is 1. The quantitative estimate of drug-likeness (QED) is 0.795. The SMILES string of the molecule is Cc1ccc(S(=O)(=O)NC2CC2)cc1C(=O)N(C)C(C)c1ccc(F)c(F)c1. The first-order chi connectivity index (χ1) is 13.1. The van der Waals surface area contributed by atoms with E-state index in [0.29, 0.717) is 11.1 Å². The van der Waals surface area contributed by atoms with Gasteiger partial charge in [0, 0.05) is 18.7 Å². The summed E-state index contributed by atoms with van der Waals surface area (Å²) < 4.78 is 54.2. The van der Waals surface area contributed by atoms with Gasteiger partial charge in [-0.3, -0.25) is 4.79 Å². The molecular formula is C20H22F2N2O3S. The van der Waals surface area contributed by atoms with Crippen molar-refractivity contribution >= 4 is 15.9 Å². The van der Waals surface area contributed by atoms with Gasteiger partial charge in [0.2, 0.25) is 10.0 Å². The predicted molar refractivity (Wildman–Crippen MR) is 101 cm³/mol. The lowest BCUT2D eigenvalue weighted by atomic mass is 10.0. The number of aryl methyl sites for hydroxylation is 1. The minimum Gasteiger partial charge on any atom is -0.335 e. The summed E-state index contributed by atoms with van der Waals surface area (Å²) in [5.41, 5.74) is 1.31. The molecule has 2 aromatic rings. The largest absolute Gasteiger partial charge is 0.335 e. The molecule has 0 aliphatic heterocycles. The average Bonchev–Trinajstić information content (AvgIpc) is 3.45. The van der Waals surface area contributed by atoms with Crippen molar-refractivity contribution in [3.05, 3.63) is 64.7 Å². The fourth-order valence-electron chi connectivity index (χ4n) is 2.85. The van der Waals surface area contributed by atoms with Crippen LogP contribution < -0.4 is 4.72 Å². The van der Waals surface area contributed by atoms with E-state index in [4.69, 9.17) is 0 Å². The molecule has 1 unspecified atom stereocenters. The molecule has 1 N–H and O–H groups in total. The van der Waals surface area contributed by atoms with Crippen LogP contribution >= 0.6 is 0 Å². The number of sulfonamides is 1.